The molecule has 0 saturated carbocycles. The van der Waals surface area contributed by atoms with Crippen LogP contribution < -0.4 is 10.1 Å². The summed E-state index contributed by atoms with van der Waals surface area (Å²) in [6, 6.07) is 13.7. The number of rotatable bonds is 6. The second-order valence-electron chi connectivity index (χ2n) is 6.41. The number of aromatic nitrogens is 1. The van der Waals surface area contributed by atoms with Crippen LogP contribution >= 0.6 is 0 Å². The molecule has 3 rings (SSSR count). The quantitative estimate of drug-likeness (QED) is 0.879. The molecule has 5 nitrogen and oxygen atoms in total. The van der Waals surface area contributed by atoms with Gasteiger partial charge in [0.2, 0.25) is 0 Å². The van der Waals surface area contributed by atoms with E-state index in [1.54, 1.807) is 13.2 Å². The summed E-state index contributed by atoms with van der Waals surface area (Å²) in [5.41, 5.74) is 2.47. The maximum Gasteiger partial charge on any atom is 0.269 e. The maximum absolute atomic E-state index is 12.5. The van der Waals surface area contributed by atoms with Crippen molar-refractivity contribution in [3.63, 3.8) is 0 Å². The number of amides is 1. The third-order valence-electron chi connectivity index (χ3n) is 4.64. The molecule has 1 unspecified atom stereocenters. The lowest BCUT2D eigenvalue weighted by atomic mass is 10.0. The maximum atomic E-state index is 12.5. The largest absolute Gasteiger partial charge is 0.497 e. The zero-order valence-electron chi connectivity index (χ0n) is 14.9. The molecule has 0 aliphatic carbocycles. The smallest absolute Gasteiger partial charge is 0.269 e. The molecule has 1 fully saturated rings. The molecule has 2 aromatic rings. The molecule has 5 heteroatoms. The highest BCUT2D eigenvalue weighted by Crippen LogP contribution is 2.27. The number of nitrogens with zero attached hydrogens (tertiary/aromatic N) is 2. The van der Waals surface area contributed by atoms with Gasteiger partial charge in [-0.1, -0.05) is 18.2 Å². The third-order valence-corrected chi connectivity index (χ3v) is 4.64. The van der Waals surface area contributed by atoms with E-state index in [1.165, 1.54) is 18.4 Å². The zero-order valence-corrected chi connectivity index (χ0v) is 14.9. The normalized spacial score (nSPS) is 15.8. The molecule has 0 spiro atoms. The van der Waals surface area contributed by atoms with E-state index in [0.717, 1.165) is 24.5 Å². The lowest BCUT2D eigenvalue weighted by Crippen LogP contribution is -2.37. The van der Waals surface area contributed by atoms with Crippen LogP contribution in [-0.2, 0) is 0 Å². The minimum Gasteiger partial charge on any atom is -0.497 e. The summed E-state index contributed by atoms with van der Waals surface area (Å²) in [7, 11) is 1.68. The monoisotopic (exact) mass is 339 g/mol. The molecular formula is C20H25N3O2. The Morgan fingerprint density at radius 3 is 2.72 bits per heavy atom. The molecule has 25 heavy (non-hydrogen) atoms. The van der Waals surface area contributed by atoms with Gasteiger partial charge >= 0.3 is 0 Å². The van der Waals surface area contributed by atoms with Gasteiger partial charge in [0, 0.05) is 12.2 Å². The summed E-state index contributed by atoms with van der Waals surface area (Å²) in [6.07, 6.45) is 2.40. The number of hydrogen-bond donors (Lipinski definition) is 1. The molecule has 1 aromatic heterocycles. The molecule has 1 atom stereocenters. The van der Waals surface area contributed by atoms with Crippen LogP contribution in [-0.4, -0.2) is 42.5 Å². The molecule has 2 heterocycles. The second-order valence-corrected chi connectivity index (χ2v) is 6.41. The Hall–Kier alpha value is -2.40. The van der Waals surface area contributed by atoms with Crippen molar-refractivity contribution in [1.82, 2.24) is 15.2 Å². The SMILES string of the molecule is COc1cccc(C(CNC(=O)c2cccc(C)n2)N2CCCC2)c1. The number of ether oxygens (including phenoxy) is 1. The molecule has 0 radical (unpaired) electrons. The van der Waals surface area contributed by atoms with Gasteiger partial charge in [0.1, 0.15) is 11.4 Å². The molecule has 1 aromatic carbocycles. The number of pyridine rings is 1. The summed E-state index contributed by atoms with van der Waals surface area (Å²) in [4.78, 5) is 19.2. The standard InChI is InChI=1S/C20H25N3O2/c1-15-7-5-10-18(22-15)20(24)21-14-19(23-11-3-4-12-23)16-8-6-9-17(13-16)25-2/h5-10,13,19H,3-4,11-12,14H2,1-2H3,(H,21,24). The highest BCUT2D eigenvalue weighted by atomic mass is 16.5. The van der Waals surface area contributed by atoms with Gasteiger partial charge in [-0.2, -0.15) is 0 Å². The first-order valence-electron chi connectivity index (χ1n) is 8.77. The van der Waals surface area contributed by atoms with Gasteiger partial charge in [-0.15, -0.1) is 0 Å². The lowest BCUT2D eigenvalue weighted by molar-refractivity contribution is 0.0932. The van der Waals surface area contributed by atoms with E-state index in [1.807, 2.05) is 31.2 Å². The number of hydrogen-bond acceptors (Lipinski definition) is 4. The Kier molecular flexibility index (Phi) is 5.66. The number of aryl methyl sites for hydroxylation is 1. The van der Waals surface area contributed by atoms with Gasteiger partial charge in [0.05, 0.1) is 13.2 Å². The molecule has 132 valence electrons. The van der Waals surface area contributed by atoms with Crippen LogP contribution in [0.15, 0.2) is 42.5 Å². The van der Waals surface area contributed by atoms with E-state index in [0.29, 0.717) is 12.2 Å². The fourth-order valence-electron chi connectivity index (χ4n) is 3.31. The molecule has 1 aliphatic heterocycles. The number of methoxy groups -OCH3 is 1. The second kappa shape index (κ2) is 8.12. The van der Waals surface area contributed by atoms with Crippen LogP contribution in [0.4, 0.5) is 0 Å². The van der Waals surface area contributed by atoms with Crippen molar-refractivity contribution < 1.29 is 9.53 Å². The first-order valence-corrected chi connectivity index (χ1v) is 8.77. The average molecular weight is 339 g/mol. The van der Waals surface area contributed by atoms with E-state index in [9.17, 15) is 4.79 Å². The Labute approximate surface area is 149 Å². The molecule has 1 saturated heterocycles. The molecule has 1 N–H and O–H groups in total. The van der Waals surface area contributed by atoms with E-state index in [-0.39, 0.29) is 11.9 Å². The fraction of sp³-hybridized carbons (Fsp3) is 0.400. The highest BCUT2D eigenvalue weighted by Gasteiger charge is 2.24. The van der Waals surface area contributed by atoms with Gasteiger partial charge in [-0.3, -0.25) is 9.69 Å². The third kappa shape index (κ3) is 4.37. The van der Waals surface area contributed by atoms with Crippen LogP contribution in [0, 0.1) is 6.92 Å². The van der Waals surface area contributed by atoms with Gasteiger partial charge in [0.15, 0.2) is 0 Å². The average Bonchev–Trinajstić information content (AvgIpc) is 3.16. The predicted octanol–water partition coefficient (Wildman–Crippen LogP) is 2.97. The van der Waals surface area contributed by atoms with Crippen LogP contribution in [0.2, 0.25) is 0 Å². The van der Waals surface area contributed by atoms with Gasteiger partial charge < -0.3 is 10.1 Å². The topological polar surface area (TPSA) is 54.5 Å². The number of carbonyl (C=O) groups excluding carboxylic acids is 1. The summed E-state index contributed by atoms with van der Waals surface area (Å²) >= 11 is 0. The lowest BCUT2D eigenvalue weighted by Gasteiger charge is -2.28. The predicted molar refractivity (Wildman–Crippen MR) is 97.8 cm³/mol. The van der Waals surface area contributed by atoms with Crippen LogP contribution in [0.3, 0.4) is 0 Å². The summed E-state index contributed by atoms with van der Waals surface area (Å²) in [6.45, 7) is 4.56. The molecule has 1 amide bonds. The van der Waals surface area contributed by atoms with E-state index >= 15 is 0 Å². The van der Waals surface area contributed by atoms with Crippen molar-refractivity contribution in [2.45, 2.75) is 25.8 Å². The molecule has 0 bridgehead atoms. The minimum atomic E-state index is -0.129. The summed E-state index contributed by atoms with van der Waals surface area (Å²) < 4.78 is 5.36. The molecular weight excluding hydrogens is 314 g/mol. The fourth-order valence-corrected chi connectivity index (χ4v) is 3.31. The Balaban J connectivity index is 1.74. The number of carbonyl (C=O) groups is 1. The first-order chi connectivity index (χ1) is 12.2. The van der Waals surface area contributed by atoms with Crippen molar-refractivity contribution in [3.8, 4) is 5.75 Å². The van der Waals surface area contributed by atoms with E-state index < -0.39 is 0 Å². The van der Waals surface area contributed by atoms with Crippen LogP contribution in [0.25, 0.3) is 0 Å². The summed E-state index contributed by atoms with van der Waals surface area (Å²) in [5.74, 6) is 0.712. The van der Waals surface area contributed by atoms with Gasteiger partial charge in [-0.25, -0.2) is 4.98 Å². The van der Waals surface area contributed by atoms with E-state index in [2.05, 4.69) is 27.3 Å². The van der Waals surface area contributed by atoms with E-state index in [4.69, 9.17) is 4.74 Å². The van der Waals surface area contributed by atoms with Crippen LogP contribution in [0.5, 0.6) is 5.75 Å². The first kappa shape index (κ1) is 17.4. The van der Waals surface area contributed by atoms with Crippen molar-refractivity contribution in [2.75, 3.05) is 26.7 Å². The van der Waals surface area contributed by atoms with Crippen molar-refractivity contribution in [3.05, 3.63) is 59.4 Å². The number of nitrogens with one attached hydrogen (secondary N) is 1. The van der Waals surface area contributed by atoms with Gasteiger partial charge in [0.25, 0.3) is 5.91 Å². The highest BCUT2D eigenvalue weighted by molar-refractivity contribution is 5.92. The van der Waals surface area contributed by atoms with Gasteiger partial charge in [-0.05, 0) is 62.7 Å². The summed E-state index contributed by atoms with van der Waals surface area (Å²) in [5, 5.41) is 3.06. The number of likely N-dealkylation sites (tertiary alicyclic amines) is 1. The Morgan fingerprint density at radius 2 is 2.00 bits per heavy atom. The van der Waals surface area contributed by atoms with Crippen molar-refractivity contribution >= 4 is 5.91 Å². The van der Waals surface area contributed by atoms with Crippen LogP contribution in [0.1, 0.15) is 40.6 Å². The van der Waals surface area contributed by atoms with Crippen molar-refractivity contribution in [1.29, 1.82) is 0 Å². The minimum absolute atomic E-state index is 0.129. The zero-order chi connectivity index (χ0) is 17.6. The Bertz CT molecular complexity index is 726. The van der Waals surface area contributed by atoms with Crippen molar-refractivity contribution in [2.24, 2.45) is 0 Å². The molecule has 1 aliphatic rings. The number of benzene rings is 1. The Morgan fingerprint density at radius 1 is 1.24 bits per heavy atom.